The van der Waals surface area contributed by atoms with Crippen molar-refractivity contribution in [3.05, 3.63) is 0 Å². The average molecular weight is 228 g/mol. The molecule has 1 N–H and O–H groups in total. The van der Waals surface area contributed by atoms with Crippen LogP contribution >= 0.6 is 12.2 Å². The molecule has 88 valence electrons. The minimum atomic E-state index is 0.698. The van der Waals surface area contributed by atoms with Gasteiger partial charge in [-0.25, -0.2) is 0 Å². The number of hydrogen-bond donors (Lipinski definition) is 1. The van der Waals surface area contributed by atoms with Crippen molar-refractivity contribution in [2.24, 2.45) is 5.92 Å². The predicted molar refractivity (Wildman–Crippen MR) is 70.1 cm³/mol. The van der Waals surface area contributed by atoms with Crippen LogP contribution < -0.4 is 5.32 Å². The first-order valence-corrected chi connectivity index (χ1v) is 6.54. The molecule has 1 aliphatic carbocycles. The summed E-state index contributed by atoms with van der Waals surface area (Å²) in [6, 6.07) is 0.698. The average Bonchev–Trinajstić information content (AvgIpc) is 2.70. The van der Waals surface area contributed by atoms with Crippen LogP contribution in [0.3, 0.4) is 0 Å². The Morgan fingerprint density at radius 2 is 2.00 bits per heavy atom. The molecule has 0 aromatic carbocycles. The highest BCUT2D eigenvalue weighted by Crippen LogP contribution is 2.24. The van der Waals surface area contributed by atoms with Gasteiger partial charge < -0.3 is 10.2 Å². The highest BCUT2D eigenvalue weighted by Gasteiger charge is 2.23. The molecular formula is C12H24N2S. The fourth-order valence-electron chi connectivity index (χ4n) is 2.21. The Hall–Kier alpha value is -0.310. The van der Waals surface area contributed by atoms with Gasteiger partial charge in [-0.3, -0.25) is 0 Å². The standard InChI is InChI=1S/C12H24N2S/c1-10(2)8-9-14(12(15)13-3)11-6-4-5-7-11/h10-11H,4-9H2,1-3H3,(H,13,15). The number of hydrogen-bond acceptors (Lipinski definition) is 1. The van der Waals surface area contributed by atoms with Crippen LogP contribution in [0, 0.1) is 5.92 Å². The van der Waals surface area contributed by atoms with Crippen molar-refractivity contribution in [1.82, 2.24) is 10.2 Å². The third-order valence-corrected chi connectivity index (χ3v) is 3.63. The third-order valence-electron chi connectivity index (χ3n) is 3.19. The largest absolute Gasteiger partial charge is 0.366 e. The Labute approximate surface area is 99.4 Å². The molecule has 0 radical (unpaired) electrons. The van der Waals surface area contributed by atoms with Gasteiger partial charge in [0, 0.05) is 19.6 Å². The van der Waals surface area contributed by atoms with E-state index in [9.17, 15) is 0 Å². The fraction of sp³-hybridized carbons (Fsp3) is 0.917. The Morgan fingerprint density at radius 1 is 1.40 bits per heavy atom. The number of thiocarbonyl (C=S) groups is 1. The molecule has 0 aromatic heterocycles. The molecule has 0 spiro atoms. The third kappa shape index (κ3) is 3.98. The monoisotopic (exact) mass is 228 g/mol. The van der Waals surface area contributed by atoms with Crippen LogP contribution in [0.2, 0.25) is 0 Å². The van der Waals surface area contributed by atoms with Gasteiger partial charge in [-0.2, -0.15) is 0 Å². The molecule has 1 aliphatic rings. The van der Waals surface area contributed by atoms with Crippen molar-refractivity contribution in [2.45, 2.75) is 52.0 Å². The maximum absolute atomic E-state index is 5.38. The molecule has 3 heteroatoms. The van der Waals surface area contributed by atoms with E-state index in [4.69, 9.17) is 12.2 Å². The van der Waals surface area contributed by atoms with Crippen molar-refractivity contribution in [3.8, 4) is 0 Å². The molecule has 0 bridgehead atoms. The normalized spacial score (nSPS) is 17.1. The quantitative estimate of drug-likeness (QED) is 0.745. The number of rotatable bonds is 4. The minimum Gasteiger partial charge on any atom is -0.366 e. The summed E-state index contributed by atoms with van der Waals surface area (Å²) in [6.07, 6.45) is 6.61. The van der Waals surface area contributed by atoms with Crippen molar-refractivity contribution in [1.29, 1.82) is 0 Å². The van der Waals surface area contributed by atoms with E-state index < -0.39 is 0 Å². The molecule has 0 heterocycles. The lowest BCUT2D eigenvalue weighted by Gasteiger charge is -2.31. The Bertz CT molecular complexity index is 198. The molecule has 15 heavy (non-hydrogen) atoms. The van der Waals surface area contributed by atoms with Crippen LogP contribution in [0.5, 0.6) is 0 Å². The van der Waals surface area contributed by atoms with Crippen LogP contribution in [0.4, 0.5) is 0 Å². The van der Waals surface area contributed by atoms with Gasteiger partial charge in [0.1, 0.15) is 0 Å². The van der Waals surface area contributed by atoms with Gasteiger partial charge in [-0.05, 0) is 37.4 Å². The molecular weight excluding hydrogens is 204 g/mol. The zero-order valence-corrected chi connectivity index (χ0v) is 11.1. The van der Waals surface area contributed by atoms with Gasteiger partial charge in [0.2, 0.25) is 0 Å². The Kier molecular flexibility index (Phi) is 5.37. The highest BCUT2D eigenvalue weighted by molar-refractivity contribution is 7.80. The summed E-state index contributed by atoms with van der Waals surface area (Å²) >= 11 is 5.38. The van der Waals surface area contributed by atoms with Crippen molar-refractivity contribution >= 4 is 17.3 Å². The van der Waals surface area contributed by atoms with Crippen molar-refractivity contribution < 1.29 is 0 Å². The van der Waals surface area contributed by atoms with Crippen LogP contribution in [-0.2, 0) is 0 Å². The first kappa shape index (κ1) is 12.8. The zero-order chi connectivity index (χ0) is 11.3. The fourth-order valence-corrected chi connectivity index (χ4v) is 2.45. The second-order valence-corrected chi connectivity index (χ2v) is 5.26. The molecule has 1 rings (SSSR count). The van der Waals surface area contributed by atoms with Crippen LogP contribution in [0.25, 0.3) is 0 Å². The number of nitrogens with one attached hydrogen (secondary N) is 1. The van der Waals surface area contributed by atoms with E-state index >= 15 is 0 Å². The predicted octanol–water partition coefficient (Wildman–Crippen LogP) is 2.78. The number of nitrogens with zero attached hydrogens (tertiary/aromatic N) is 1. The molecule has 0 unspecified atom stereocenters. The lowest BCUT2D eigenvalue weighted by molar-refractivity contribution is 0.294. The maximum atomic E-state index is 5.38. The second kappa shape index (κ2) is 6.31. The molecule has 0 atom stereocenters. The summed E-state index contributed by atoms with van der Waals surface area (Å²) in [5.74, 6) is 0.758. The maximum Gasteiger partial charge on any atom is 0.168 e. The summed E-state index contributed by atoms with van der Waals surface area (Å²) in [5, 5.41) is 4.06. The van der Waals surface area contributed by atoms with Gasteiger partial charge >= 0.3 is 0 Å². The van der Waals surface area contributed by atoms with E-state index in [1.807, 2.05) is 7.05 Å². The molecule has 0 aliphatic heterocycles. The molecule has 0 saturated heterocycles. The van der Waals surface area contributed by atoms with Crippen molar-refractivity contribution in [2.75, 3.05) is 13.6 Å². The van der Waals surface area contributed by atoms with E-state index in [-0.39, 0.29) is 0 Å². The molecule has 1 fully saturated rings. The Morgan fingerprint density at radius 3 is 2.47 bits per heavy atom. The molecule has 0 amide bonds. The Balaban J connectivity index is 2.48. The minimum absolute atomic E-state index is 0.698. The summed E-state index contributed by atoms with van der Waals surface area (Å²) in [5.41, 5.74) is 0. The summed E-state index contributed by atoms with van der Waals surface area (Å²) in [6.45, 7) is 5.66. The second-order valence-electron chi connectivity index (χ2n) is 4.87. The first-order chi connectivity index (χ1) is 7.15. The van der Waals surface area contributed by atoms with Gasteiger partial charge in [0.15, 0.2) is 5.11 Å². The SMILES string of the molecule is CNC(=S)N(CCC(C)C)C1CCCC1. The van der Waals surface area contributed by atoms with Crippen molar-refractivity contribution in [3.63, 3.8) is 0 Å². The summed E-state index contributed by atoms with van der Waals surface area (Å²) in [7, 11) is 1.93. The van der Waals surface area contributed by atoms with Gasteiger partial charge in [0.05, 0.1) is 0 Å². The highest BCUT2D eigenvalue weighted by atomic mass is 32.1. The summed E-state index contributed by atoms with van der Waals surface area (Å²) in [4.78, 5) is 2.41. The van der Waals surface area contributed by atoms with Gasteiger partial charge in [0.25, 0.3) is 0 Å². The zero-order valence-electron chi connectivity index (χ0n) is 10.3. The lowest BCUT2D eigenvalue weighted by atomic mass is 10.1. The lowest BCUT2D eigenvalue weighted by Crippen LogP contribution is -2.44. The first-order valence-electron chi connectivity index (χ1n) is 6.13. The summed E-state index contributed by atoms with van der Waals surface area (Å²) < 4.78 is 0. The molecule has 2 nitrogen and oxygen atoms in total. The van der Waals surface area contributed by atoms with Crippen LogP contribution in [0.1, 0.15) is 46.0 Å². The smallest absolute Gasteiger partial charge is 0.168 e. The molecule has 0 aromatic rings. The molecule has 1 saturated carbocycles. The van der Waals surface area contributed by atoms with Gasteiger partial charge in [-0.1, -0.05) is 26.7 Å². The van der Waals surface area contributed by atoms with E-state index in [2.05, 4.69) is 24.1 Å². The van der Waals surface area contributed by atoms with E-state index in [0.717, 1.165) is 17.6 Å². The topological polar surface area (TPSA) is 15.3 Å². The van der Waals surface area contributed by atoms with E-state index in [1.54, 1.807) is 0 Å². The van der Waals surface area contributed by atoms with Crippen LogP contribution in [-0.4, -0.2) is 29.6 Å². The van der Waals surface area contributed by atoms with Crippen LogP contribution in [0.15, 0.2) is 0 Å². The van der Waals surface area contributed by atoms with Gasteiger partial charge in [-0.15, -0.1) is 0 Å². The van der Waals surface area contributed by atoms with E-state index in [0.29, 0.717) is 6.04 Å². The van der Waals surface area contributed by atoms with E-state index in [1.165, 1.54) is 32.1 Å².